The molecule has 1 N–H and O–H groups in total. The number of non-ortho nitro benzene ring substituents is 1. The van der Waals surface area contributed by atoms with E-state index < -0.39 is 0 Å². The molecule has 0 saturated carbocycles. The summed E-state index contributed by atoms with van der Waals surface area (Å²) in [5.74, 6) is 1.30. The lowest BCUT2D eigenvalue weighted by atomic mass is 10.1. The largest absolute Gasteiger partial charge is 0.490 e. The van der Waals surface area contributed by atoms with Crippen molar-refractivity contribution in [3.8, 4) is 17.2 Å². The Labute approximate surface area is 225 Å². The van der Waals surface area contributed by atoms with Gasteiger partial charge < -0.3 is 24.4 Å². The van der Waals surface area contributed by atoms with Gasteiger partial charge in [-0.2, -0.15) is 0 Å². The van der Waals surface area contributed by atoms with E-state index in [2.05, 4.69) is 20.1 Å². The molecule has 1 aliphatic heterocycles. The number of carbonyl (C=O) groups excluding carboxylic acids is 1. The third-order valence-electron chi connectivity index (χ3n) is 6.10. The second-order valence-electron chi connectivity index (χ2n) is 8.59. The number of thiazole rings is 1. The van der Waals surface area contributed by atoms with E-state index in [1.165, 1.54) is 17.4 Å². The number of nitrogens with zero attached hydrogens (tertiary/aromatic N) is 4. The molecule has 204 valence electrons. The summed E-state index contributed by atoms with van der Waals surface area (Å²) in [6.07, 6.45) is 0. The molecule has 0 radical (unpaired) electrons. The standard InChI is InChI=1S/C26H33N5O6S/c1-4-35-21-15-18(16-22(36-5-2)24(21)37-6-3)25(32)27-9-10-29-11-13-30(14-12-29)26-28-20-8-7-19(31(33)34)17-23(20)38-26/h7-8,15-17H,4-6,9-14H2,1-3H3,(H,27,32). The van der Waals surface area contributed by atoms with Crippen molar-refractivity contribution in [3.63, 3.8) is 0 Å². The molecule has 1 fully saturated rings. The van der Waals surface area contributed by atoms with Crippen LogP contribution in [0.25, 0.3) is 10.2 Å². The van der Waals surface area contributed by atoms with Crippen molar-refractivity contribution >= 4 is 38.3 Å². The van der Waals surface area contributed by atoms with Crippen molar-refractivity contribution in [1.29, 1.82) is 0 Å². The van der Waals surface area contributed by atoms with Gasteiger partial charge in [0.25, 0.3) is 11.6 Å². The van der Waals surface area contributed by atoms with Crippen LogP contribution in [0.3, 0.4) is 0 Å². The Hall–Kier alpha value is -3.64. The van der Waals surface area contributed by atoms with Gasteiger partial charge >= 0.3 is 0 Å². The summed E-state index contributed by atoms with van der Waals surface area (Å²) < 4.78 is 18.0. The van der Waals surface area contributed by atoms with Crippen LogP contribution in [0.2, 0.25) is 0 Å². The van der Waals surface area contributed by atoms with Gasteiger partial charge in [0.2, 0.25) is 5.75 Å². The van der Waals surface area contributed by atoms with E-state index in [1.807, 2.05) is 20.8 Å². The van der Waals surface area contributed by atoms with Crippen LogP contribution in [-0.2, 0) is 0 Å². The lowest BCUT2D eigenvalue weighted by molar-refractivity contribution is -0.384. The number of piperazine rings is 1. The maximum atomic E-state index is 12.9. The molecule has 2 heterocycles. The number of aromatic nitrogens is 1. The molecule has 3 aromatic rings. The van der Waals surface area contributed by atoms with E-state index in [9.17, 15) is 14.9 Å². The first kappa shape index (κ1) is 27.4. The van der Waals surface area contributed by atoms with Crippen molar-refractivity contribution < 1.29 is 23.9 Å². The number of fused-ring (bicyclic) bond motifs is 1. The second kappa shape index (κ2) is 12.7. The zero-order valence-electron chi connectivity index (χ0n) is 21.9. The van der Waals surface area contributed by atoms with Gasteiger partial charge in [-0.3, -0.25) is 19.8 Å². The maximum absolute atomic E-state index is 12.9. The van der Waals surface area contributed by atoms with Gasteiger partial charge in [-0.25, -0.2) is 4.98 Å². The molecular weight excluding hydrogens is 510 g/mol. The number of nitro groups is 1. The normalized spacial score (nSPS) is 13.9. The average molecular weight is 544 g/mol. The van der Waals surface area contributed by atoms with Crippen molar-refractivity contribution in [2.24, 2.45) is 0 Å². The van der Waals surface area contributed by atoms with Crippen LogP contribution in [0.5, 0.6) is 17.2 Å². The molecule has 0 spiro atoms. The van der Waals surface area contributed by atoms with Crippen LogP contribution < -0.4 is 24.4 Å². The highest BCUT2D eigenvalue weighted by Gasteiger charge is 2.22. The Morgan fingerprint density at radius 1 is 1.03 bits per heavy atom. The molecule has 2 aromatic carbocycles. The van der Waals surface area contributed by atoms with Crippen LogP contribution in [0.1, 0.15) is 31.1 Å². The van der Waals surface area contributed by atoms with E-state index in [0.29, 0.717) is 49.2 Å². The first-order valence-corrected chi connectivity index (χ1v) is 13.6. The Morgan fingerprint density at radius 2 is 1.68 bits per heavy atom. The molecule has 0 aliphatic carbocycles. The fourth-order valence-electron chi connectivity index (χ4n) is 4.26. The summed E-state index contributed by atoms with van der Waals surface area (Å²) in [5, 5.41) is 14.9. The lowest BCUT2D eigenvalue weighted by Gasteiger charge is -2.34. The average Bonchev–Trinajstić information content (AvgIpc) is 3.34. The predicted molar refractivity (Wildman–Crippen MR) is 147 cm³/mol. The Bertz CT molecular complexity index is 1250. The van der Waals surface area contributed by atoms with Gasteiger partial charge in [0, 0.05) is 57.0 Å². The molecule has 12 heteroatoms. The van der Waals surface area contributed by atoms with Gasteiger partial charge in [0.1, 0.15) is 0 Å². The summed E-state index contributed by atoms with van der Waals surface area (Å²) in [6, 6.07) is 8.15. The summed E-state index contributed by atoms with van der Waals surface area (Å²) in [5.41, 5.74) is 1.31. The minimum Gasteiger partial charge on any atom is -0.490 e. The van der Waals surface area contributed by atoms with E-state index in [-0.39, 0.29) is 16.5 Å². The van der Waals surface area contributed by atoms with Crippen molar-refractivity contribution in [3.05, 3.63) is 46.0 Å². The Balaban J connectivity index is 1.31. The number of rotatable bonds is 12. The topological polar surface area (TPSA) is 119 Å². The van der Waals surface area contributed by atoms with Gasteiger partial charge in [0.05, 0.1) is 35.0 Å². The highest BCUT2D eigenvalue weighted by Crippen LogP contribution is 2.39. The first-order valence-electron chi connectivity index (χ1n) is 12.8. The molecular formula is C26H33N5O6S. The van der Waals surface area contributed by atoms with Crippen LogP contribution in [0.15, 0.2) is 30.3 Å². The van der Waals surface area contributed by atoms with Gasteiger partial charge in [-0.15, -0.1) is 0 Å². The number of anilines is 1. The molecule has 1 saturated heterocycles. The number of hydrogen-bond acceptors (Lipinski definition) is 10. The summed E-state index contributed by atoms with van der Waals surface area (Å²) in [7, 11) is 0. The minimum absolute atomic E-state index is 0.0769. The highest BCUT2D eigenvalue weighted by molar-refractivity contribution is 7.22. The quantitative estimate of drug-likeness (QED) is 0.267. The second-order valence-corrected chi connectivity index (χ2v) is 9.60. The molecule has 38 heavy (non-hydrogen) atoms. The molecule has 1 amide bonds. The Morgan fingerprint density at radius 3 is 2.29 bits per heavy atom. The molecule has 0 bridgehead atoms. The van der Waals surface area contributed by atoms with E-state index in [4.69, 9.17) is 14.2 Å². The van der Waals surface area contributed by atoms with Crippen LogP contribution in [-0.4, -0.2) is 79.8 Å². The van der Waals surface area contributed by atoms with E-state index >= 15 is 0 Å². The first-order chi connectivity index (χ1) is 18.4. The minimum atomic E-state index is -0.387. The third-order valence-corrected chi connectivity index (χ3v) is 7.18. The predicted octanol–water partition coefficient (Wildman–Crippen LogP) is 3.95. The van der Waals surface area contributed by atoms with Gasteiger partial charge in [0.15, 0.2) is 16.6 Å². The maximum Gasteiger partial charge on any atom is 0.270 e. The molecule has 1 aliphatic rings. The van der Waals surface area contributed by atoms with Crippen LogP contribution in [0, 0.1) is 10.1 Å². The molecule has 4 rings (SSSR count). The van der Waals surface area contributed by atoms with Crippen LogP contribution >= 0.6 is 11.3 Å². The number of carbonyl (C=O) groups is 1. The zero-order valence-corrected chi connectivity index (χ0v) is 22.7. The number of hydrogen-bond donors (Lipinski definition) is 1. The van der Waals surface area contributed by atoms with E-state index in [0.717, 1.165) is 48.1 Å². The molecule has 0 atom stereocenters. The summed E-state index contributed by atoms with van der Waals surface area (Å²) in [6.45, 7) is 11.5. The van der Waals surface area contributed by atoms with E-state index in [1.54, 1.807) is 24.3 Å². The van der Waals surface area contributed by atoms with Gasteiger partial charge in [-0.1, -0.05) is 11.3 Å². The van der Waals surface area contributed by atoms with Crippen molar-refractivity contribution in [2.45, 2.75) is 20.8 Å². The van der Waals surface area contributed by atoms with Gasteiger partial charge in [-0.05, 0) is 39.0 Å². The molecule has 0 unspecified atom stereocenters. The van der Waals surface area contributed by atoms with Crippen molar-refractivity contribution in [1.82, 2.24) is 15.2 Å². The Kier molecular flexibility index (Phi) is 9.19. The van der Waals surface area contributed by atoms with Crippen LogP contribution in [0.4, 0.5) is 10.8 Å². The number of benzene rings is 2. The lowest BCUT2D eigenvalue weighted by Crippen LogP contribution is -2.48. The SMILES string of the molecule is CCOc1cc(C(=O)NCCN2CCN(c3nc4ccc([N+](=O)[O-])cc4s3)CC2)cc(OCC)c1OCC. The monoisotopic (exact) mass is 543 g/mol. The summed E-state index contributed by atoms with van der Waals surface area (Å²) >= 11 is 1.47. The van der Waals surface area contributed by atoms with Crippen molar-refractivity contribution in [2.75, 3.05) is 64.0 Å². The number of nitro benzene ring substituents is 1. The smallest absolute Gasteiger partial charge is 0.270 e. The number of nitrogens with one attached hydrogen (secondary N) is 1. The number of ether oxygens (including phenoxy) is 3. The third kappa shape index (κ3) is 6.43. The zero-order chi connectivity index (χ0) is 27.1. The fourth-order valence-corrected chi connectivity index (χ4v) is 5.31. The number of amides is 1. The molecule has 1 aromatic heterocycles. The molecule has 11 nitrogen and oxygen atoms in total. The summed E-state index contributed by atoms with van der Waals surface area (Å²) in [4.78, 5) is 32.7. The highest BCUT2D eigenvalue weighted by atomic mass is 32.1. The fraction of sp³-hybridized carbons (Fsp3) is 0.462.